The first kappa shape index (κ1) is 5.57. The number of hydrogen-bond donors (Lipinski definition) is 0. The van der Waals surface area contributed by atoms with Crippen LogP contribution in [0.3, 0.4) is 0 Å². The lowest BCUT2D eigenvalue weighted by Crippen LogP contribution is -2.46. The molecule has 0 nitrogen and oxygen atoms in total. The van der Waals surface area contributed by atoms with Crippen LogP contribution in [0.25, 0.3) is 0 Å². The molecule has 0 spiro atoms. The van der Waals surface area contributed by atoms with Crippen molar-refractivity contribution in [1.29, 1.82) is 0 Å². The van der Waals surface area contributed by atoms with Crippen LogP contribution in [0.4, 0.5) is 0 Å². The molecule has 0 aromatic rings. The molecule has 0 aromatic carbocycles. The van der Waals surface area contributed by atoms with Gasteiger partial charge in [0, 0.05) is 16.9 Å². The normalized spacial score (nSPS) is 29.6. The highest BCUT2D eigenvalue weighted by atomic mass is 28.4. The molecule has 1 fully saturated rings. The molecule has 0 saturated carbocycles. The summed E-state index contributed by atoms with van der Waals surface area (Å²) in [7, 11) is -0.207. The molecular weight excluding hydrogens is 116 g/mol. The van der Waals surface area contributed by atoms with E-state index in [0.717, 1.165) is 0 Å². The third-order valence-corrected chi connectivity index (χ3v) is 14.0. The van der Waals surface area contributed by atoms with Gasteiger partial charge in [0.25, 0.3) is 0 Å². The van der Waals surface area contributed by atoms with E-state index in [4.69, 9.17) is 0 Å². The first-order chi connectivity index (χ1) is 3.10. The van der Waals surface area contributed by atoms with Crippen LogP contribution in [0, 0.1) is 0 Å². The van der Waals surface area contributed by atoms with E-state index in [2.05, 4.69) is 19.6 Å². The molecule has 1 aliphatic heterocycles. The second kappa shape index (κ2) is 1.45. The average Bonchev–Trinajstić information content (AvgIpc) is 1.27. The maximum Gasteiger partial charge on any atom is 0.0417 e. The van der Waals surface area contributed by atoms with Crippen LogP contribution in [0.5, 0.6) is 0 Å². The summed E-state index contributed by atoms with van der Waals surface area (Å²) in [5.41, 5.74) is 3.36. The predicted molar refractivity (Wildman–Crippen MR) is 38.7 cm³/mol. The van der Waals surface area contributed by atoms with E-state index < -0.39 is 8.07 Å². The van der Waals surface area contributed by atoms with E-state index in [0.29, 0.717) is 0 Å². The fourth-order valence-corrected chi connectivity index (χ4v) is 14.2. The van der Waals surface area contributed by atoms with Crippen LogP contribution in [-0.2, 0) is 0 Å². The van der Waals surface area contributed by atoms with E-state index in [-0.39, 0.29) is 8.80 Å². The first-order valence-corrected chi connectivity index (χ1v) is 8.74. The molecule has 0 bridgehead atoms. The van der Waals surface area contributed by atoms with Gasteiger partial charge in [-0.3, -0.25) is 0 Å². The maximum absolute atomic E-state index is 2.50. The van der Waals surface area contributed by atoms with Crippen molar-refractivity contribution in [2.45, 2.75) is 31.0 Å². The van der Waals surface area contributed by atoms with Gasteiger partial charge in [-0.15, -0.1) is 0 Å². The molecule has 1 rings (SSSR count). The fourth-order valence-electron chi connectivity index (χ4n) is 1.58. The van der Waals surface area contributed by atoms with Gasteiger partial charge in [-0.2, -0.15) is 0 Å². The van der Waals surface area contributed by atoms with Crippen molar-refractivity contribution in [1.82, 2.24) is 0 Å². The van der Waals surface area contributed by atoms with Gasteiger partial charge >= 0.3 is 0 Å². The van der Waals surface area contributed by atoms with Crippen LogP contribution in [0.15, 0.2) is 0 Å². The fraction of sp³-hybridized carbons (Fsp3) is 1.00. The minimum Gasteiger partial charge on any atom is -0.0715 e. The summed E-state index contributed by atoms with van der Waals surface area (Å²) in [4.78, 5) is 0. The summed E-state index contributed by atoms with van der Waals surface area (Å²) in [5.74, 6) is 0. The maximum atomic E-state index is 2.50. The Hall–Kier alpha value is 0.434. The second-order valence-electron chi connectivity index (χ2n) is 3.47. The van der Waals surface area contributed by atoms with Crippen molar-refractivity contribution in [2.75, 3.05) is 0 Å². The molecule has 0 N–H and O–H groups in total. The lowest BCUT2D eigenvalue weighted by molar-refractivity contribution is 1.41. The molecule has 1 heterocycles. The van der Waals surface area contributed by atoms with Gasteiger partial charge in [0.2, 0.25) is 0 Å². The smallest absolute Gasteiger partial charge is 0.0417 e. The molecule has 41 valence electrons. The molecule has 2 heteroatoms. The Bertz CT molecular complexity index is 70.1. The molecule has 1 saturated heterocycles. The van der Waals surface area contributed by atoms with Crippen LogP contribution >= 0.6 is 0 Å². The SMILES string of the molecule is C[Si]1C[Si](C)(C)C1. The highest BCUT2D eigenvalue weighted by molar-refractivity contribution is 7.04. The minimum atomic E-state index is -0.468. The van der Waals surface area contributed by atoms with Gasteiger partial charge in [-0.1, -0.05) is 31.0 Å². The topological polar surface area (TPSA) is 0 Å². The third-order valence-electron chi connectivity index (χ3n) is 1.56. The van der Waals surface area contributed by atoms with Crippen molar-refractivity contribution in [2.24, 2.45) is 0 Å². The molecule has 0 amide bonds. The van der Waals surface area contributed by atoms with Gasteiger partial charge in [-0.05, 0) is 0 Å². The van der Waals surface area contributed by atoms with E-state index in [1.165, 1.54) is 0 Å². The lowest BCUT2D eigenvalue weighted by Gasteiger charge is -2.37. The largest absolute Gasteiger partial charge is 0.0715 e. The van der Waals surface area contributed by atoms with E-state index >= 15 is 0 Å². The quantitative estimate of drug-likeness (QED) is 0.438. The molecule has 7 heavy (non-hydrogen) atoms. The van der Waals surface area contributed by atoms with Crippen LogP contribution in [0.1, 0.15) is 0 Å². The second-order valence-corrected chi connectivity index (χ2v) is 12.5. The van der Waals surface area contributed by atoms with Crippen molar-refractivity contribution in [3.05, 3.63) is 0 Å². The highest BCUT2D eigenvalue weighted by Crippen LogP contribution is 2.30. The molecule has 0 aromatic heterocycles. The van der Waals surface area contributed by atoms with Crippen molar-refractivity contribution >= 4 is 16.9 Å². The summed E-state index contributed by atoms with van der Waals surface area (Å²) in [5, 5.41) is 0. The van der Waals surface area contributed by atoms with E-state index in [1.54, 1.807) is 11.3 Å². The summed E-state index contributed by atoms with van der Waals surface area (Å²) >= 11 is 0. The minimum absolute atomic E-state index is 0.262. The van der Waals surface area contributed by atoms with Crippen molar-refractivity contribution in [3.8, 4) is 0 Å². The van der Waals surface area contributed by atoms with Crippen LogP contribution < -0.4 is 0 Å². The van der Waals surface area contributed by atoms with Gasteiger partial charge in [0.05, 0.1) is 0 Å². The zero-order chi connectivity index (χ0) is 5.49. The Morgan fingerprint density at radius 2 is 1.71 bits per heavy atom. The molecule has 0 aliphatic carbocycles. The average molecular weight is 129 g/mol. The Balaban J connectivity index is 2.29. The zero-order valence-corrected chi connectivity index (χ0v) is 7.41. The number of rotatable bonds is 0. The Morgan fingerprint density at radius 1 is 1.29 bits per heavy atom. The van der Waals surface area contributed by atoms with Crippen LogP contribution in [-0.4, -0.2) is 16.9 Å². The van der Waals surface area contributed by atoms with Crippen molar-refractivity contribution in [3.63, 3.8) is 0 Å². The summed E-state index contributed by atoms with van der Waals surface area (Å²) < 4.78 is 0. The summed E-state index contributed by atoms with van der Waals surface area (Å²) in [6.07, 6.45) is 0. The van der Waals surface area contributed by atoms with Gasteiger partial charge in [-0.25, -0.2) is 0 Å². The standard InChI is InChI=1S/C5H13Si2/c1-6-4-7(2,3)5-6/h4-5H2,1-3H3. The Labute approximate surface area is 48.6 Å². The molecular formula is C5H13Si2. The predicted octanol–water partition coefficient (Wildman–Crippen LogP) is 1.91. The molecule has 0 atom stereocenters. The molecule has 1 radical (unpaired) electrons. The summed E-state index contributed by atoms with van der Waals surface area (Å²) in [6.45, 7) is 7.47. The number of hydrogen-bond acceptors (Lipinski definition) is 0. The third kappa shape index (κ3) is 1.16. The first-order valence-electron chi connectivity index (χ1n) is 2.91. The monoisotopic (exact) mass is 129 g/mol. The Kier molecular flexibility index (Phi) is 1.16. The molecule has 1 aliphatic rings. The summed E-state index contributed by atoms with van der Waals surface area (Å²) in [6, 6.07) is 0. The van der Waals surface area contributed by atoms with E-state index in [9.17, 15) is 0 Å². The molecule has 0 unspecified atom stereocenters. The lowest BCUT2D eigenvalue weighted by atomic mass is 11.7. The highest BCUT2D eigenvalue weighted by Gasteiger charge is 2.35. The zero-order valence-electron chi connectivity index (χ0n) is 5.41. The van der Waals surface area contributed by atoms with Gasteiger partial charge in [0.15, 0.2) is 0 Å². The Morgan fingerprint density at radius 3 is 1.71 bits per heavy atom. The van der Waals surface area contributed by atoms with Crippen molar-refractivity contribution < 1.29 is 0 Å². The van der Waals surface area contributed by atoms with Gasteiger partial charge < -0.3 is 0 Å². The van der Waals surface area contributed by atoms with Gasteiger partial charge in [0.1, 0.15) is 0 Å². The van der Waals surface area contributed by atoms with E-state index in [1.807, 2.05) is 0 Å². The van der Waals surface area contributed by atoms with Crippen LogP contribution in [0.2, 0.25) is 31.0 Å².